The van der Waals surface area contributed by atoms with Crippen molar-refractivity contribution >= 4 is 11.9 Å². The fraction of sp³-hybridized carbons (Fsp3) is 0.875. The van der Waals surface area contributed by atoms with Crippen molar-refractivity contribution in [3.05, 3.63) is 0 Å². The van der Waals surface area contributed by atoms with E-state index in [1.165, 1.54) is 0 Å². The molecule has 0 aromatic carbocycles. The number of hydrogen-bond acceptors (Lipinski definition) is 4. The summed E-state index contributed by atoms with van der Waals surface area (Å²) >= 11 is 0. The van der Waals surface area contributed by atoms with E-state index in [4.69, 9.17) is 9.47 Å². The Morgan fingerprint density at radius 3 is 2.83 bits per heavy atom. The number of aliphatic imine (C=N–C) groups is 1. The van der Waals surface area contributed by atoms with Crippen molar-refractivity contribution in [3.8, 4) is 0 Å². The van der Waals surface area contributed by atoms with Gasteiger partial charge in [-0.2, -0.15) is 0 Å². The number of nitrogens with one attached hydrogen (secondary N) is 3. The summed E-state index contributed by atoms with van der Waals surface area (Å²) in [7, 11) is 0. The molecule has 1 rings (SSSR count). The predicted molar refractivity (Wildman–Crippen MR) is 91.7 cm³/mol. The van der Waals surface area contributed by atoms with Crippen molar-refractivity contribution in [2.45, 2.75) is 45.6 Å². The summed E-state index contributed by atoms with van der Waals surface area (Å²) in [4.78, 5) is 15.8. The van der Waals surface area contributed by atoms with E-state index in [-0.39, 0.29) is 18.6 Å². The topological polar surface area (TPSA) is 84.0 Å². The minimum absolute atomic E-state index is 0.0519. The third-order valence-corrected chi connectivity index (χ3v) is 3.38. The third-order valence-electron chi connectivity index (χ3n) is 3.38. The van der Waals surface area contributed by atoms with Gasteiger partial charge in [-0.1, -0.05) is 6.92 Å². The molecule has 0 radical (unpaired) electrons. The molecule has 1 fully saturated rings. The Morgan fingerprint density at radius 2 is 2.13 bits per heavy atom. The third kappa shape index (κ3) is 10.1. The van der Waals surface area contributed by atoms with Crippen LogP contribution in [0.3, 0.4) is 0 Å². The Hall–Kier alpha value is -1.34. The first-order chi connectivity index (χ1) is 11.3. The molecule has 1 atom stereocenters. The second kappa shape index (κ2) is 13.1. The van der Waals surface area contributed by atoms with Crippen LogP contribution in [0.25, 0.3) is 0 Å². The van der Waals surface area contributed by atoms with Gasteiger partial charge in [-0.15, -0.1) is 0 Å². The van der Waals surface area contributed by atoms with Crippen LogP contribution < -0.4 is 16.0 Å². The van der Waals surface area contributed by atoms with Crippen molar-refractivity contribution in [3.63, 3.8) is 0 Å². The molecule has 7 heteroatoms. The summed E-state index contributed by atoms with van der Waals surface area (Å²) in [6, 6.07) is 0. The first-order valence-corrected chi connectivity index (χ1v) is 8.74. The summed E-state index contributed by atoms with van der Waals surface area (Å²) in [6.45, 7) is 8.63. The van der Waals surface area contributed by atoms with Gasteiger partial charge in [0.05, 0.1) is 12.7 Å². The molecule has 0 bridgehead atoms. The van der Waals surface area contributed by atoms with E-state index in [2.05, 4.69) is 20.9 Å². The maximum atomic E-state index is 11.5. The largest absolute Gasteiger partial charge is 0.379 e. The van der Waals surface area contributed by atoms with Crippen LogP contribution in [0.1, 0.15) is 39.5 Å². The van der Waals surface area contributed by atoms with Crippen LogP contribution in [0, 0.1) is 0 Å². The molecule has 0 aromatic rings. The molecule has 0 aromatic heterocycles. The molecule has 1 saturated heterocycles. The van der Waals surface area contributed by atoms with Crippen LogP contribution >= 0.6 is 0 Å². The van der Waals surface area contributed by atoms with Crippen LogP contribution in [0.5, 0.6) is 0 Å². The number of hydrogen-bond donors (Lipinski definition) is 3. The van der Waals surface area contributed by atoms with E-state index >= 15 is 0 Å². The number of carbonyl (C=O) groups excluding carboxylic acids is 1. The van der Waals surface area contributed by atoms with E-state index < -0.39 is 0 Å². The highest BCUT2D eigenvalue weighted by atomic mass is 16.5. The van der Waals surface area contributed by atoms with Gasteiger partial charge >= 0.3 is 0 Å². The van der Waals surface area contributed by atoms with Crippen LogP contribution in [0.4, 0.5) is 0 Å². The monoisotopic (exact) mass is 328 g/mol. The highest BCUT2D eigenvalue weighted by Gasteiger charge is 2.14. The maximum absolute atomic E-state index is 11.5. The van der Waals surface area contributed by atoms with E-state index in [0.717, 1.165) is 45.4 Å². The second-order valence-electron chi connectivity index (χ2n) is 5.54. The molecule has 1 aliphatic heterocycles. The van der Waals surface area contributed by atoms with Crippen molar-refractivity contribution in [1.82, 2.24) is 16.0 Å². The minimum Gasteiger partial charge on any atom is -0.379 e. The molecule has 1 aliphatic rings. The fourth-order valence-corrected chi connectivity index (χ4v) is 2.18. The average molecular weight is 328 g/mol. The number of rotatable bonds is 11. The molecule has 1 amide bonds. The molecule has 23 heavy (non-hydrogen) atoms. The Balaban J connectivity index is 2.10. The zero-order valence-corrected chi connectivity index (χ0v) is 14.5. The molecule has 1 heterocycles. The van der Waals surface area contributed by atoms with Crippen molar-refractivity contribution in [2.24, 2.45) is 4.99 Å². The Kier molecular flexibility index (Phi) is 11.3. The van der Waals surface area contributed by atoms with E-state index in [1.54, 1.807) is 0 Å². The molecular formula is C16H32N4O3. The van der Waals surface area contributed by atoms with Gasteiger partial charge in [0.25, 0.3) is 0 Å². The maximum Gasteiger partial charge on any atom is 0.241 e. The zero-order valence-electron chi connectivity index (χ0n) is 14.5. The highest BCUT2D eigenvalue weighted by molar-refractivity contribution is 5.84. The number of carbonyl (C=O) groups is 1. The van der Waals surface area contributed by atoms with Crippen LogP contribution in [0.2, 0.25) is 0 Å². The van der Waals surface area contributed by atoms with Gasteiger partial charge in [0.1, 0.15) is 6.54 Å². The molecule has 0 spiro atoms. The fourth-order valence-electron chi connectivity index (χ4n) is 2.18. The average Bonchev–Trinajstić information content (AvgIpc) is 3.07. The summed E-state index contributed by atoms with van der Waals surface area (Å²) < 4.78 is 11.1. The highest BCUT2D eigenvalue weighted by Crippen LogP contribution is 2.11. The molecule has 134 valence electrons. The molecule has 0 saturated carbocycles. The quantitative estimate of drug-likeness (QED) is 0.295. The van der Waals surface area contributed by atoms with Crippen LogP contribution in [-0.4, -0.2) is 64.0 Å². The van der Waals surface area contributed by atoms with Gasteiger partial charge in [-0.05, 0) is 32.6 Å². The molecule has 1 unspecified atom stereocenters. The zero-order chi connectivity index (χ0) is 16.8. The van der Waals surface area contributed by atoms with Crippen molar-refractivity contribution < 1.29 is 14.3 Å². The Morgan fingerprint density at radius 1 is 1.26 bits per heavy atom. The molecule has 7 nitrogen and oxygen atoms in total. The van der Waals surface area contributed by atoms with Gasteiger partial charge in [0, 0.05) is 32.8 Å². The van der Waals surface area contributed by atoms with E-state index in [1.807, 2.05) is 13.8 Å². The molecular weight excluding hydrogens is 296 g/mol. The van der Waals surface area contributed by atoms with Crippen LogP contribution in [-0.2, 0) is 14.3 Å². The van der Waals surface area contributed by atoms with Crippen molar-refractivity contribution in [1.29, 1.82) is 0 Å². The summed E-state index contributed by atoms with van der Waals surface area (Å²) in [5, 5.41) is 9.14. The Labute approximate surface area is 139 Å². The SMILES string of the molecule is CCCNC(=O)CN=C(NCC)NCCCOCC1CCCO1. The van der Waals surface area contributed by atoms with Gasteiger partial charge < -0.3 is 25.4 Å². The number of nitrogens with zero attached hydrogens (tertiary/aromatic N) is 1. The number of ether oxygens (including phenoxy) is 2. The summed E-state index contributed by atoms with van der Waals surface area (Å²) in [5.74, 6) is 0.613. The first-order valence-electron chi connectivity index (χ1n) is 8.74. The minimum atomic E-state index is -0.0519. The lowest BCUT2D eigenvalue weighted by Gasteiger charge is -2.12. The van der Waals surface area contributed by atoms with Gasteiger partial charge in [-0.3, -0.25) is 4.79 Å². The van der Waals surface area contributed by atoms with E-state index in [0.29, 0.717) is 25.7 Å². The van der Waals surface area contributed by atoms with E-state index in [9.17, 15) is 4.79 Å². The predicted octanol–water partition coefficient (Wildman–Crippen LogP) is 0.653. The van der Waals surface area contributed by atoms with Gasteiger partial charge in [0.15, 0.2) is 5.96 Å². The lowest BCUT2D eigenvalue weighted by Crippen LogP contribution is -2.39. The number of guanidine groups is 1. The smallest absolute Gasteiger partial charge is 0.241 e. The summed E-state index contributed by atoms with van der Waals surface area (Å²) in [5.41, 5.74) is 0. The first kappa shape index (κ1) is 19.7. The Bertz CT molecular complexity index is 344. The standard InChI is InChI=1S/C16H32N4O3/c1-3-8-18-15(21)12-20-16(17-4-2)19-9-6-10-22-13-14-7-5-11-23-14/h14H,3-13H2,1-2H3,(H,18,21)(H2,17,19,20). The molecule has 0 aliphatic carbocycles. The normalized spacial score (nSPS) is 18.0. The van der Waals surface area contributed by atoms with Gasteiger partial charge in [0.2, 0.25) is 5.91 Å². The van der Waals surface area contributed by atoms with Gasteiger partial charge in [-0.25, -0.2) is 4.99 Å². The van der Waals surface area contributed by atoms with Crippen LogP contribution in [0.15, 0.2) is 4.99 Å². The molecule has 3 N–H and O–H groups in total. The second-order valence-corrected chi connectivity index (χ2v) is 5.54. The number of amides is 1. The lowest BCUT2D eigenvalue weighted by molar-refractivity contribution is -0.119. The lowest BCUT2D eigenvalue weighted by atomic mass is 10.2. The van der Waals surface area contributed by atoms with Crippen molar-refractivity contribution in [2.75, 3.05) is 46.0 Å². The summed E-state index contributed by atoms with van der Waals surface area (Å²) in [6.07, 6.45) is 4.35.